The molecule has 18 heavy (non-hydrogen) atoms. The summed E-state index contributed by atoms with van der Waals surface area (Å²) in [6.45, 7) is 5.35. The zero-order valence-corrected chi connectivity index (χ0v) is 12.5. The molecule has 0 bridgehead atoms. The first kappa shape index (κ1) is 15.9. The van der Waals surface area contributed by atoms with Gasteiger partial charge in [0.05, 0.1) is 11.4 Å². The van der Waals surface area contributed by atoms with E-state index in [1.54, 1.807) is 13.8 Å². The molecule has 0 atom stereocenters. The van der Waals surface area contributed by atoms with Gasteiger partial charge in [-0.05, 0) is 52.1 Å². The molecule has 6 heteroatoms. The predicted molar refractivity (Wildman–Crippen MR) is 72.9 cm³/mol. The van der Waals surface area contributed by atoms with E-state index in [2.05, 4.69) is 5.32 Å². The van der Waals surface area contributed by atoms with Gasteiger partial charge >= 0.3 is 0 Å². The van der Waals surface area contributed by atoms with Crippen LogP contribution in [0.5, 0.6) is 0 Å². The van der Waals surface area contributed by atoms with Crippen molar-refractivity contribution < 1.29 is 13.5 Å². The van der Waals surface area contributed by atoms with E-state index in [1.807, 2.05) is 0 Å². The second kappa shape index (κ2) is 6.32. The SMILES string of the molecule is CN(CC(C)(C)O)S(=O)(=O)CCC1CCNCC1. The lowest BCUT2D eigenvalue weighted by molar-refractivity contribution is 0.0639. The fraction of sp³-hybridized carbons (Fsp3) is 1.00. The molecular weight excluding hydrogens is 252 g/mol. The van der Waals surface area contributed by atoms with Gasteiger partial charge < -0.3 is 10.4 Å². The molecule has 0 aromatic rings. The van der Waals surface area contributed by atoms with Crippen molar-refractivity contribution >= 4 is 10.0 Å². The number of hydrogen-bond donors (Lipinski definition) is 2. The van der Waals surface area contributed by atoms with Crippen LogP contribution in [0.2, 0.25) is 0 Å². The summed E-state index contributed by atoms with van der Waals surface area (Å²) in [5, 5.41) is 12.9. The molecule has 1 rings (SSSR count). The van der Waals surface area contributed by atoms with Gasteiger partial charge in [0.2, 0.25) is 10.0 Å². The maximum absolute atomic E-state index is 12.1. The molecule has 0 unspecified atom stereocenters. The Morgan fingerprint density at radius 3 is 2.39 bits per heavy atom. The predicted octanol–water partition coefficient (Wildman–Crippen LogP) is 0.409. The van der Waals surface area contributed by atoms with Gasteiger partial charge in [-0.1, -0.05) is 0 Å². The average Bonchev–Trinajstić information content (AvgIpc) is 2.26. The van der Waals surface area contributed by atoms with Gasteiger partial charge in [-0.15, -0.1) is 0 Å². The van der Waals surface area contributed by atoms with Crippen LogP contribution in [0, 0.1) is 5.92 Å². The number of aliphatic hydroxyl groups is 1. The first-order valence-corrected chi connectivity index (χ1v) is 8.19. The van der Waals surface area contributed by atoms with Gasteiger partial charge in [0.1, 0.15) is 0 Å². The Morgan fingerprint density at radius 2 is 1.89 bits per heavy atom. The summed E-state index contributed by atoms with van der Waals surface area (Å²) in [7, 11) is -1.70. The number of piperidine rings is 1. The van der Waals surface area contributed by atoms with Crippen molar-refractivity contribution in [2.75, 3.05) is 32.4 Å². The van der Waals surface area contributed by atoms with Crippen LogP contribution >= 0.6 is 0 Å². The number of nitrogens with zero attached hydrogens (tertiary/aromatic N) is 1. The van der Waals surface area contributed by atoms with Gasteiger partial charge in [-0.25, -0.2) is 12.7 Å². The first-order chi connectivity index (χ1) is 8.21. The van der Waals surface area contributed by atoms with E-state index in [-0.39, 0.29) is 12.3 Å². The molecular formula is C12H26N2O3S. The topological polar surface area (TPSA) is 69.6 Å². The molecule has 0 aliphatic carbocycles. The van der Waals surface area contributed by atoms with Crippen LogP contribution in [-0.2, 0) is 10.0 Å². The van der Waals surface area contributed by atoms with E-state index in [0.717, 1.165) is 32.4 Å². The summed E-state index contributed by atoms with van der Waals surface area (Å²) >= 11 is 0. The molecule has 1 aliphatic rings. The summed E-state index contributed by atoms with van der Waals surface area (Å²) in [5.41, 5.74) is -0.990. The second-order valence-corrected chi connectivity index (χ2v) is 8.06. The average molecular weight is 278 g/mol. The van der Waals surface area contributed by atoms with Gasteiger partial charge in [-0.3, -0.25) is 0 Å². The Labute approximate surface area is 111 Å². The molecule has 2 N–H and O–H groups in total. The summed E-state index contributed by atoms with van der Waals surface area (Å²) in [4.78, 5) is 0. The van der Waals surface area contributed by atoms with Crippen molar-refractivity contribution in [3.05, 3.63) is 0 Å². The van der Waals surface area contributed by atoms with Gasteiger partial charge in [-0.2, -0.15) is 0 Å². The highest BCUT2D eigenvalue weighted by Crippen LogP contribution is 2.18. The largest absolute Gasteiger partial charge is 0.389 e. The van der Waals surface area contributed by atoms with Crippen LogP contribution in [0.4, 0.5) is 0 Å². The zero-order valence-electron chi connectivity index (χ0n) is 11.6. The van der Waals surface area contributed by atoms with E-state index in [0.29, 0.717) is 5.92 Å². The number of nitrogens with one attached hydrogen (secondary N) is 1. The van der Waals surface area contributed by atoms with E-state index < -0.39 is 15.6 Å². The summed E-state index contributed by atoms with van der Waals surface area (Å²) in [5.74, 6) is 0.695. The van der Waals surface area contributed by atoms with E-state index in [1.165, 1.54) is 11.4 Å². The van der Waals surface area contributed by atoms with Crippen molar-refractivity contribution in [2.45, 2.75) is 38.7 Å². The smallest absolute Gasteiger partial charge is 0.213 e. The lowest BCUT2D eigenvalue weighted by Gasteiger charge is -2.27. The second-order valence-electron chi connectivity index (χ2n) is 5.87. The van der Waals surface area contributed by atoms with Crippen LogP contribution in [0.15, 0.2) is 0 Å². The zero-order chi connectivity index (χ0) is 13.8. The Kier molecular flexibility index (Phi) is 5.58. The normalized spacial score (nSPS) is 19.4. The standard InChI is InChI=1S/C12H26N2O3S/c1-12(2,15)10-14(3)18(16,17)9-6-11-4-7-13-8-5-11/h11,13,15H,4-10H2,1-3H3. The van der Waals surface area contributed by atoms with Crippen molar-refractivity contribution in [2.24, 2.45) is 5.92 Å². The molecule has 0 saturated carbocycles. The molecule has 1 heterocycles. The molecule has 0 spiro atoms. The maximum Gasteiger partial charge on any atom is 0.213 e. The summed E-state index contributed by atoms with van der Waals surface area (Å²) in [6, 6.07) is 0. The monoisotopic (exact) mass is 278 g/mol. The Hall–Kier alpha value is -0.170. The molecule has 0 amide bonds. The molecule has 0 aromatic carbocycles. The maximum atomic E-state index is 12.1. The van der Waals surface area contributed by atoms with Gasteiger partial charge in [0.15, 0.2) is 0 Å². The molecule has 1 fully saturated rings. The highest BCUT2D eigenvalue weighted by Gasteiger charge is 2.25. The lowest BCUT2D eigenvalue weighted by Crippen LogP contribution is -2.41. The third-order valence-electron chi connectivity index (χ3n) is 3.33. The minimum atomic E-state index is -3.24. The van der Waals surface area contributed by atoms with E-state index in [4.69, 9.17) is 0 Å². The molecule has 0 radical (unpaired) electrons. The quantitative estimate of drug-likeness (QED) is 0.738. The van der Waals surface area contributed by atoms with Crippen molar-refractivity contribution in [3.63, 3.8) is 0 Å². The number of rotatable bonds is 6. The molecule has 1 aliphatic heterocycles. The third kappa shape index (κ3) is 5.65. The van der Waals surface area contributed by atoms with Crippen LogP contribution in [0.3, 0.4) is 0 Å². The van der Waals surface area contributed by atoms with Gasteiger partial charge in [0.25, 0.3) is 0 Å². The van der Waals surface area contributed by atoms with Crippen molar-refractivity contribution in [3.8, 4) is 0 Å². The fourth-order valence-corrected chi connectivity index (χ4v) is 3.74. The molecule has 108 valence electrons. The Morgan fingerprint density at radius 1 is 1.33 bits per heavy atom. The number of hydrogen-bond acceptors (Lipinski definition) is 4. The number of likely N-dealkylation sites (N-methyl/N-ethyl adjacent to an activating group) is 1. The first-order valence-electron chi connectivity index (χ1n) is 6.58. The van der Waals surface area contributed by atoms with Crippen LogP contribution in [0.25, 0.3) is 0 Å². The fourth-order valence-electron chi connectivity index (χ4n) is 2.29. The van der Waals surface area contributed by atoms with Crippen molar-refractivity contribution in [1.29, 1.82) is 0 Å². The summed E-state index contributed by atoms with van der Waals surface area (Å²) in [6.07, 6.45) is 2.84. The molecule has 5 nitrogen and oxygen atoms in total. The number of sulfonamides is 1. The summed E-state index contributed by atoms with van der Waals surface area (Å²) < 4.78 is 25.4. The van der Waals surface area contributed by atoms with Crippen molar-refractivity contribution in [1.82, 2.24) is 9.62 Å². The van der Waals surface area contributed by atoms with Crippen LogP contribution in [-0.4, -0.2) is 55.9 Å². The minimum Gasteiger partial charge on any atom is -0.389 e. The van der Waals surface area contributed by atoms with Crippen LogP contribution < -0.4 is 5.32 Å². The van der Waals surface area contributed by atoms with E-state index >= 15 is 0 Å². The Balaban J connectivity index is 2.43. The highest BCUT2D eigenvalue weighted by molar-refractivity contribution is 7.89. The van der Waals surface area contributed by atoms with E-state index in [9.17, 15) is 13.5 Å². The molecule has 1 saturated heterocycles. The lowest BCUT2D eigenvalue weighted by atomic mass is 9.96. The highest BCUT2D eigenvalue weighted by atomic mass is 32.2. The molecule has 0 aromatic heterocycles. The van der Waals surface area contributed by atoms with Crippen LogP contribution in [0.1, 0.15) is 33.1 Å². The third-order valence-corrected chi connectivity index (χ3v) is 5.16. The van der Waals surface area contributed by atoms with Gasteiger partial charge in [0, 0.05) is 13.6 Å². The minimum absolute atomic E-state index is 0.140. The Bertz CT molecular complexity index is 343.